The van der Waals surface area contributed by atoms with E-state index in [1.54, 1.807) is 0 Å². The Bertz CT molecular complexity index is 567. The van der Waals surface area contributed by atoms with Crippen LogP contribution in [0.3, 0.4) is 0 Å². The number of fused-ring (bicyclic) bond motifs is 1. The number of rotatable bonds is 5. The van der Waals surface area contributed by atoms with Crippen LogP contribution < -0.4 is 5.73 Å². The fraction of sp³-hybridized carbons (Fsp3) is 0.471. The van der Waals surface area contributed by atoms with Crippen molar-refractivity contribution in [3.05, 3.63) is 42.1 Å². The standard InChI is InChI=1S/C17H23N3/c18-9-1-5-16-6-3-11-20(16)13-14-7-8-17-15(12-14)4-2-10-19-17/h2,4,7-8,10,12,16H,1,3,5-6,9,11,13,18H2. The number of hydrogen-bond donors (Lipinski definition) is 1. The number of hydrogen-bond acceptors (Lipinski definition) is 3. The SMILES string of the molecule is NCCCC1CCCN1Cc1ccc2ncccc2c1. The molecule has 0 saturated carbocycles. The molecule has 0 aliphatic carbocycles. The highest BCUT2D eigenvalue weighted by molar-refractivity contribution is 5.78. The normalized spacial score (nSPS) is 19.8. The van der Waals surface area contributed by atoms with Crippen molar-refractivity contribution in [3.63, 3.8) is 0 Å². The molecule has 1 saturated heterocycles. The van der Waals surface area contributed by atoms with Crippen LogP contribution in [0.15, 0.2) is 36.5 Å². The summed E-state index contributed by atoms with van der Waals surface area (Å²) in [7, 11) is 0. The van der Waals surface area contributed by atoms with Crippen LogP contribution in [0, 0.1) is 0 Å². The minimum absolute atomic E-state index is 0.725. The molecule has 1 fully saturated rings. The smallest absolute Gasteiger partial charge is 0.0702 e. The van der Waals surface area contributed by atoms with Gasteiger partial charge in [-0.1, -0.05) is 12.1 Å². The van der Waals surface area contributed by atoms with Crippen LogP contribution in [0.1, 0.15) is 31.2 Å². The topological polar surface area (TPSA) is 42.1 Å². The molecule has 2 N–H and O–H groups in total. The minimum Gasteiger partial charge on any atom is -0.330 e. The summed E-state index contributed by atoms with van der Waals surface area (Å²) in [6.07, 6.45) is 6.89. The largest absolute Gasteiger partial charge is 0.330 e. The number of benzene rings is 1. The van der Waals surface area contributed by atoms with Gasteiger partial charge in [0.1, 0.15) is 0 Å². The highest BCUT2D eigenvalue weighted by Crippen LogP contribution is 2.24. The van der Waals surface area contributed by atoms with E-state index in [9.17, 15) is 0 Å². The summed E-state index contributed by atoms with van der Waals surface area (Å²) < 4.78 is 0. The van der Waals surface area contributed by atoms with Gasteiger partial charge in [0.25, 0.3) is 0 Å². The summed E-state index contributed by atoms with van der Waals surface area (Å²) in [6, 6.07) is 11.5. The van der Waals surface area contributed by atoms with Crippen LogP contribution in [0.5, 0.6) is 0 Å². The lowest BCUT2D eigenvalue weighted by Gasteiger charge is -2.24. The maximum absolute atomic E-state index is 5.64. The Morgan fingerprint density at radius 1 is 1.30 bits per heavy atom. The highest BCUT2D eigenvalue weighted by Gasteiger charge is 2.23. The molecule has 0 spiro atoms. The van der Waals surface area contributed by atoms with Gasteiger partial charge in [-0.3, -0.25) is 9.88 Å². The molecular weight excluding hydrogens is 246 g/mol. The quantitative estimate of drug-likeness (QED) is 0.907. The summed E-state index contributed by atoms with van der Waals surface area (Å²) in [5.74, 6) is 0. The molecule has 1 aromatic heterocycles. The van der Waals surface area contributed by atoms with Gasteiger partial charge in [-0.05, 0) is 62.5 Å². The monoisotopic (exact) mass is 269 g/mol. The van der Waals surface area contributed by atoms with Crippen LogP contribution >= 0.6 is 0 Å². The Kier molecular flexibility index (Phi) is 4.28. The van der Waals surface area contributed by atoms with Gasteiger partial charge in [-0.25, -0.2) is 0 Å². The molecule has 1 aromatic carbocycles. The summed E-state index contributed by atoms with van der Waals surface area (Å²) >= 11 is 0. The third-order valence-electron chi connectivity index (χ3n) is 4.29. The molecule has 3 rings (SSSR count). The van der Waals surface area contributed by atoms with Gasteiger partial charge in [0.05, 0.1) is 5.52 Å². The van der Waals surface area contributed by atoms with Gasteiger partial charge < -0.3 is 5.73 Å². The van der Waals surface area contributed by atoms with Crippen LogP contribution in [-0.2, 0) is 6.54 Å². The number of aromatic nitrogens is 1. The Morgan fingerprint density at radius 2 is 2.25 bits per heavy atom. The average Bonchev–Trinajstić information content (AvgIpc) is 2.92. The maximum atomic E-state index is 5.64. The Labute approximate surface area is 120 Å². The van der Waals surface area contributed by atoms with Gasteiger partial charge in [-0.2, -0.15) is 0 Å². The third-order valence-corrected chi connectivity index (χ3v) is 4.29. The van der Waals surface area contributed by atoms with Crippen LogP contribution in [0.25, 0.3) is 10.9 Å². The first-order valence-corrected chi connectivity index (χ1v) is 7.64. The van der Waals surface area contributed by atoms with Crippen LogP contribution in [0.2, 0.25) is 0 Å². The van der Waals surface area contributed by atoms with Crippen molar-refractivity contribution in [3.8, 4) is 0 Å². The van der Waals surface area contributed by atoms with E-state index in [-0.39, 0.29) is 0 Å². The first-order chi connectivity index (χ1) is 9.86. The molecule has 2 heterocycles. The number of likely N-dealkylation sites (tertiary alicyclic amines) is 1. The zero-order valence-electron chi connectivity index (χ0n) is 12.0. The van der Waals surface area contributed by atoms with E-state index < -0.39 is 0 Å². The molecule has 1 aliphatic heterocycles. The molecule has 106 valence electrons. The molecule has 0 bridgehead atoms. The van der Waals surface area contributed by atoms with E-state index in [0.29, 0.717) is 0 Å². The van der Waals surface area contributed by atoms with Crippen LogP contribution in [0.4, 0.5) is 0 Å². The highest BCUT2D eigenvalue weighted by atomic mass is 15.2. The van der Waals surface area contributed by atoms with Gasteiger partial charge >= 0.3 is 0 Å². The lowest BCUT2D eigenvalue weighted by atomic mass is 10.1. The van der Waals surface area contributed by atoms with Crippen molar-refractivity contribution < 1.29 is 0 Å². The molecule has 1 atom stereocenters. The van der Waals surface area contributed by atoms with Crippen molar-refractivity contribution in [2.24, 2.45) is 5.73 Å². The first kappa shape index (κ1) is 13.5. The minimum atomic E-state index is 0.725. The average molecular weight is 269 g/mol. The van der Waals surface area contributed by atoms with Crippen molar-refractivity contribution in [1.29, 1.82) is 0 Å². The van der Waals surface area contributed by atoms with E-state index in [0.717, 1.165) is 31.1 Å². The second-order valence-corrected chi connectivity index (χ2v) is 5.73. The summed E-state index contributed by atoms with van der Waals surface area (Å²) in [5.41, 5.74) is 8.12. The second kappa shape index (κ2) is 6.33. The summed E-state index contributed by atoms with van der Waals surface area (Å²) in [4.78, 5) is 7.00. The fourth-order valence-corrected chi connectivity index (χ4v) is 3.24. The second-order valence-electron chi connectivity index (χ2n) is 5.73. The van der Waals surface area contributed by atoms with E-state index in [1.165, 1.54) is 36.8 Å². The zero-order valence-corrected chi connectivity index (χ0v) is 12.0. The molecule has 2 aromatic rings. The van der Waals surface area contributed by atoms with Gasteiger partial charge in [-0.15, -0.1) is 0 Å². The van der Waals surface area contributed by atoms with E-state index in [4.69, 9.17) is 5.73 Å². The molecule has 0 radical (unpaired) electrons. The van der Waals surface area contributed by atoms with E-state index in [1.807, 2.05) is 12.3 Å². The predicted molar refractivity (Wildman–Crippen MR) is 83.5 cm³/mol. The van der Waals surface area contributed by atoms with Crippen molar-refractivity contribution in [1.82, 2.24) is 9.88 Å². The van der Waals surface area contributed by atoms with Crippen molar-refractivity contribution in [2.75, 3.05) is 13.1 Å². The first-order valence-electron chi connectivity index (χ1n) is 7.64. The molecular formula is C17H23N3. The Morgan fingerprint density at radius 3 is 3.15 bits per heavy atom. The fourth-order valence-electron chi connectivity index (χ4n) is 3.24. The van der Waals surface area contributed by atoms with Crippen molar-refractivity contribution in [2.45, 2.75) is 38.3 Å². The number of pyridine rings is 1. The van der Waals surface area contributed by atoms with Crippen molar-refractivity contribution >= 4 is 10.9 Å². The number of nitrogens with two attached hydrogens (primary N) is 1. The van der Waals surface area contributed by atoms with Gasteiger partial charge in [0, 0.05) is 24.2 Å². The van der Waals surface area contributed by atoms with Gasteiger partial charge in [0.2, 0.25) is 0 Å². The molecule has 3 heteroatoms. The van der Waals surface area contributed by atoms with Crippen LogP contribution in [-0.4, -0.2) is 29.0 Å². The van der Waals surface area contributed by atoms with E-state index in [2.05, 4.69) is 34.1 Å². The van der Waals surface area contributed by atoms with E-state index >= 15 is 0 Å². The third kappa shape index (κ3) is 3.00. The lowest BCUT2D eigenvalue weighted by Crippen LogP contribution is -2.29. The van der Waals surface area contributed by atoms with Gasteiger partial charge in [0.15, 0.2) is 0 Å². The zero-order chi connectivity index (χ0) is 13.8. The Balaban J connectivity index is 1.71. The maximum Gasteiger partial charge on any atom is 0.0702 e. The number of nitrogens with zero attached hydrogens (tertiary/aromatic N) is 2. The molecule has 20 heavy (non-hydrogen) atoms. The molecule has 1 aliphatic rings. The lowest BCUT2D eigenvalue weighted by molar-refractivity contribution is 0.232. The summed E-state index contributed by atoms with van der Waals surface area (Å²) in [6.45, 7) is 3.09. The predicted octanol–water partition coefficient (Wildman–Crippen LogP) is 2.94. The molecule has 3 nitrogen and oxygen atoms in total. The summed E-state index contributed by atoms with van der Waals surface area (Å²) in [5, 5.41) is 1.24. The molecule has 0 amide bonds. The molecule has 1 unspecified atom stereocenters. The Hall–Kier alpha value is -1.45.